The maximum Gasteiger partial charge on any atom is 0.0831 e. The van der Waals surface area contributed by atoms with Crippen molar-refractivity contribution in [2.45, 2.75) is 36.7 Å². The first-order valence-corrected chi connectivity index (χ1v) is 7.24. The highest BCUT2D eigenvalue weighted by Crippen LogP contribution is 2.46. The van der Waals surface area contributed by atoms with Crippen LogP contribution in [0.15, 0.2) is 29.2 Å². The van der Waals surface area contributed by atoms with E-state index in [1.807, 2.05) is 17.8 Å². The van der Waals surface area contributed by atoms with E-state index in [1.165, 1.54) is 41.9 Å². The van der Waals surface area contributed by atoms with Gasteiger partial charge in [0.15, 0.2) is 0 Å². The molecule has 16 heavy (non-hydrogen) atoms. The van der Waals surface area contributed by atoms with Gasteiger partial charge in [-0.1, -0.05) is 31.0 Å². The van der Waals surface area contributed by atoms with E-state index in [-0.39, 0.29) is 6.10 Å². The first-order chi connectivity index (χ1) is 7.86. The number of aliphatic hydroxyl groups is 1. The monoisotopic (exact) mass is 234 g/mol. The van der Waals surface area contributed by atoms with Gasteiger partial charge in [0.25, 0.3) is 0 Å². The SMILES string of the molecule is O[C@@H]1c2ccccc2SC[C@H]2CCCC[C@@H]21. The summed E-state index contributed by atoms with van der Waals surface area (Å²) in [6, 6.07) is 8.38. The van der Waals surface area contributed by atoms with Crippen molar-refractivity contribution in [1.82, 2.24) is 0 Å². The van der Waals surface area contributed by atoms with Gasteiger partial charge in [-0.15, -0.1) is 11.8 Å². The predicted molar refractivity (Wildman–Crippen MR) is 67.6 cm³/mol. The highest BCUT2D eigenvalue weighted by molar-refractivity contribution is 7.99. The highest BCUT2D eigenvalue weighted by atomic mass is 32.2. The van der Waals surface area contributed by atoms with Gasteiger partial charge in [-0.05, 0) is 36.3 Å². The molecular formula is C14H18OS. The smallest absolute Gasteiger partial charge is 0.0831 e. The fraction of sp³-hybridized carbons (Fsp3) is 0.571. The number of hydrogen-bond donors (Lipinski definition) is 1. The number of benzene rings is 1. The Hall–Kier alpha value is -0.470. The summed E-state index contributed by atoms with van der Waals surface area (Å²) >= 11 is 1.94. The summed E-state index contributed by atoms with van der Waals surface area (Å²) in [4.78, 5) is 1.30. The first kappa shape index (κ1) is 10.7. The number of thioether (sulfide) groups is 1. The lowest BCUT2D eigenvalue weighted by Gasteiger charge is -2.32. The normalized spacial score (nSPS) is 33.7. The Balaban J connectivity index is 1.96. The van der Waals surface area contributed by atoms with Crippen LogP contribution in [0.3, 0.4) is 0 Å². The molecular weight excluding hydrogens is 216 g/mol. The fourth-order valence-electron chi connectivity index (χ4n) is 3.14. The van der Waals surface area contributed by atoms with Gasteiger partial charge in [0, 0.05) is 10.6 Å². The van der Waals surface area contributed by atoms with E-state index in [0.29, 0.717) is 5.92 Å². The summed E-state index contributed by atoms with van der Waals surface area (Å²) in [6.45, 7) is 0. The summed E-state index contributed by atoms with van der Waals surface area (Å²) in [7, 11) is 0. The fourth-order valence-corrected chi connectivity index (χ4v) is 4.48. The topological polar surface area (TPSA) is 20.2 Å². The van der Waals surface area contributed by atoms with Crippen LogP contribution in [0.25, 0.3) is 0 Å². The van der Waals surface area contributed by atoms with Crippen molar-refractivity contribution in [1.29, 1.82) is 0 Å². The number of aliphatic hydroxyl groups excluding tert-OH is 1. The third kappa shape index (κ3) is 1.78. The van der Waals surface area contributed by atoms with Crippen LogP contribution in [0.2, 0.25) is 0 Å². The van der Waals surface area contributed by atoms with Crippen LogP contribution >= 0.6 is 11.8 Å². The summed E-state index contributed by atoms with van der Waals surface area (Å²) in [5.74, 6) is 2.42. The molecule has 1 aliphatic carbocycles. The average Bonchev–Trinajstić information content (AvgIpc) is 2.49. The van der Waals surface area contributed by atoms with Crippen LogP contribution in [-0.4, -0.2) is 10.9 Å². The highest BCUT2D eigenvalue weighted by Gasteiger charge is 2.34. The molecule has 86 valence electrons. The Bertz CT molecular complexity index is 377. The molecule has 1 heterocycles. The van der Waals surface area contributed by atoms with Gasteiger partial charge in [-0.2, -0.15) is 0 Å². The van der Waals surface area contributed by atoms with Gasteiger partial charge in [0.2, 0.25) is 0 Å². The summed E-state index contributed by atoms with van der Waals surface area (Å²) in [6.07, 6.45) is 4.94. The summed E-state index contributed by atoms with van der Waals surface area (Å²) in [5, 5.41) is 10.5. The summed E-state index contributed by atoms with van der Waals surface area (Å²) < 4.78 is 0. The molecule has 1 fully saturated rings. The standard InChI is InChI=1S/C14H18OS/c15-14-11-6-2-1-5-10(11)9-16-13-8-4-3-7-12(13)14/h3-4,7-8,10-11,14-15H,1-2,5-6,9H2/t10-,11+,14+/m1/s1. The zero-order valence-corrected chi connectivity index (χ0v) is 10.2. The van der Waals surface area contributed by atoms with E-state index in [4.69, 9.17) is 0 Å². The molecule has 1 nitrogen and oxygen atoms in total. The Morgan fingerprint density at radius 2 is 1.94 bits per heavy atom. The molecule has 1 N–H and O–H groups in total. The van der Waals surface area contributed by atoms with Gasteiger partial charge in [-0.3, -0.25) is 0 Å². The van der Waals surface area contributed by atoms with Crippen LogP contribution in [0.4, 0.5) is 0 Å². The minimum absolute atomic E-state index is 0.225. The van der Waals surface area contributed by atoms with Crippen molar-refractivity contribution in [3.63, 3.8) is 0 Å². The zero-order valence-electron chi connectivity index (χ0n) is 9.43. The Morgan fingerprint density at radius 3 is 2.88 bits per heavy atom. The van der Waals surface area contributed by atoms with Crippen LogP contribution in [0.1, 0.15) is 37.4 Å². The van der Waals surface area contributed by atoms with E-state index in [2.05, 4.69) is 18.2 Å². The van der Waals surface area contributed by atoms with E-state index in [1.54, 1.807) is 0 Å². The maximum absolute atomic E-state index is 10.5. The summed E-state index contributed by atoms with van der Waals surface area (Å²) in [5.41, 5.74) is 1.17. The lowest BCUT2D eigenvalue weighted by molar-refractivity contribution is 0.0543. The van der Waals surface area contributed by atoms with Gasteiger partial charge >= 0.3 is 0 Å². The van der Waals surface area contributed by atoms with E-state index >= 15 is 0 Å². The van der Waals surface area contributed by atoms with Crippen molar-refractivity contribution in [2.75, 3.05) is 5.75 Å². The molecule has 1 saturated carbocycles. The first-order valence-electron chi connectivity index (χ1n) is 6.26. The molecule has 1 aromatic carbocycles. The molecule has 0 amide bonds. The molecule has 1 aliphatic heterocycles. The van der Waals surface area contributed by atoms with Crippen molar-refractivity contribution in [2.24, 2.45) is 11.8 Å². The number of fused-ring (bicyclic) bond motifs is 2. The minimum atomic E-state index is -0.225. The van der Waals surface area contributed by atoms with Gasteiger partial charge in [-0.25, -0.2) is 0 Å². The predicted octanol–water partition coefficient (Wildman–Crippen LogP) is 3.63. The lowest BCUT2D eigenvalue weighted by Crippen LogP contribution is -2.25. The maximum atomic E-state index is 10.5. The number of hydrogen-bond acceptors (Lipinski definition) is 2. The molecule has 0 aromatic heterocycles. The molecule has 2 aliphatic rings. The Labute approximate surface area is 101 Å². The zero-order chi connectivity index (χ0) is 11.0. The molecule has 3 rings (SSSR count). The molecule has 0 saturated heterocycles. The second-order valence-corrected chi connectivity index (χ2v) is 6.06. The quantitative estimate of drug-likeness (QED) is 0.739. The van der Waals surface area contributed by atoms with E-state index in [0.717, 1.165) is 5.92 Å². The average molecular weight is 234 g/mol. The van der Waals surface area contributed by atoms with Crippen LogP contribution in [0, 0.1) is 11.8 Å². The van der Waals surface area contributed by atoms with E-state index in [9.17, 15) is 5.11 Å². The molecule has 0 unspecified atom stereocenters. The molecule has 2 heteroatoms. The van der Waals surface area contributed by atoms with Crippen molar-refractivity contribution in [3.05, 3.63) is 29.8 Å². The number of rotatable bonds is 0. The lowest BCUT2D eigenvalue weighted by atomic mass is 9.75. The van der Waals surface area contributed by atoms with Crippen molar-refractivity contribution in [3.8, 4) is 0 Å². The van der Waals surface area contributed by atoms with Gasteiger partial charge in [0.1, 0.15) is 0 Å². The third-order valence-corrected chi connectivity index (χ3v) is 5.34. The molecule has 3 atom stereocenters. The van der Waals surface area contributed by atoms with Crippen molar-refractivity contribution < 1.29 is 5.11 Å². The molecule has 1 aromatic rings. The minimum Gasteiger partial charge on any atom is -0.388 e. The van der Waals surface area contributed by atoms with Gasteiger partial charge in [0.05, 0.1) is 6.10 Å². The second kappa shape index (κ2) is 4.42. The Kier molecular flexibility index (Phi) is 2.95. The van der Waals surface area contributed by atoms with Crippen LogP contribution in [0.5, 0.6) is 0 Å². The largest absolute Gasteiger partial charge is 0.388 e. The van der Waals surface area contributed by atoms with Crippen LogP contribution < -0.4 is 0 Å². The van der Waals surface area contributed by atoms with Crippen LogP contribution in [-0.2, 0) is 0 Å². The molecule has 0 radical (unpaired) electrons. The Morgan fingerprint density at radius 1 is 1.12 bits per heavy atom. The second-order valence-electron chi connectivity index (χ2n) is 5.00. The third-order valence-electron chi connectivity index (χ3n) is 4.06. The van der Waals surface area contributed by atoms with Crippen molar-refractivity contribution >= 4 is 11.8 Å². The van der Waals surface area contributed by atoms with E-state index < -0.39 is 0 Å². The molecule has 0 spiro atoms. The van der Waals surface area contributed by atoms with Gasteiger partial charge < -0.3 is 5.11 Å². The molecule has 0 bridgehead atoms.